The Balaban J connectivity index is 1.98. The number of nitrogens with zero attached hydrogens (tertiary/aromatic N) is 4. The van der Waals surface area contributed by atoms with Gasteiger partial charge in [-0.25, -0.2) is 9.48 Å². The summed E-state index contributed by atoms with van der Waals surface area (Å²) in [5.41, 5.74) is 1.12. The number of hydrogen-bond acceptors (Lipinski definition) is 4. The number of urea groups is 1. The van der Waals surface area contributed by atoms with Crippen molar-refractivity contribution in [2.24, 2.45) is 0 Å². The van der Waals surface area contributed by atoms with Crippen LogP contribution in [0.3, 0.4) is 0 Å². The minimum absolute atomic E-state index is 0.211. The SMILES string of the molecule is Cc1nc(NC(=O)N(C)Cc2ccsc2)nn1C(C)C. The Bertz CT molecular complexity index is 576. The molecule has 0 radical (unpaired) electrons. The number of aromatic nitrogens is 3. The molecule has 0 aliphatic rings. The van der Waals surface area contributed by atoms with Crippen LogP contribution in [0.5, 0.6) is 0 Å². The van der Waals surface area contributed by atoms with E-state index in [0.717, 1.165) is 11.4 Å². The van der Waals surface area contributed by atoms with Crippen LogP contribution in [0.25, 0.3) is 0 Å². The average Bonchev–Trinajstić information content (AvgIpc) is 2.98. The third-order valence-corrected chi connectivity index (χ3v) is 3.59. The Morgan fingerprint density at radius 3 is 2.85 bits per heavy atom. The van der Waals surface area contributed by atoms with E-state index in [4.69, 9.17) is 0 Å². The molecule has 0 spiro atoms. The lowest BCUT2D eigenvalue weighted by Gasteiger charge is -2.15. The van der Waals surface area contributed by atoms with Gasteiger partial charge in [-0.3, -0.25) is 5.32 Å². The van der Waals surface area contributed by atoms with E-state index in [9.17, 15) is 4.79 Å². The molecule has 0 aliphatic heterocycles. The minimum Gasteiger partial charge on any atom is -0.323 e. The number of anilines is 1. The quantitative estimate of drug-likeness (QED) is 0.942. The molecule has 6 nitrogen and oxygen atoms in total. The fourth-order valence-electron chi connectivity index (χ4n) is 1.86. The second-order valence-corrected chi connectivity index (χ2v) is 5.72. The fourth-order valence-corrected chi connectivity index (χ4v) is 2.52. The second kappa shape index (κ2) is 6.04. The standard InChI is InChI=1S/C13H19N5OS/c1-9(2)18-10(3)14-12(16-18)15-13(19)17(4)7-11-5-6-20-8-11/h5-6,8-9H,7H2,1-4H3,(H,15,16,19). The first kappa shape index (κ1) is 14.5. The van der Waals surface area contributed by atoms with Gasteiger partial charge in [0.2, 0.25) is 5.95 Å². The number of thiophene rings is 1. The summed E-state index contributed by atoms with van der Waals surface area (Å²) in [6.45, 7) is 6.49. The summed E-state index contributed by atoms with van der Waals surface area (Å²) >= 11 is 1.62. The van der Waals surface area contributed by atoms with E-state index >= 15 is 0 Å². The molecular weight excluding hydrogens is 274 g/mol. The minimum atomic E-state index is -0.211. The van der Waals surface area contributed by atoms with Crippen molar-refractivity contribution in [1.29, 1.82) is 0 Å². The monoisotopic (exact) mass is 293 g/mol. The van der Waals surface area contributed by atoms with Crippen LogP contribution in [0, 0.1) is 6.92 Å². The fraction of sp³-hybridized carbons (Fsp3) is 0.462. The van der Waals surface area contributed by atoms with E-state index in [1.54, 1.807) is 28.0 Å². The molecule has 2 heterocycles. The normalized spacial score (nSPS) is 10.8. The Morgan fingerprint density at radius 1 is 1.55 bits per heavy atom. The van der Waals surface area contributed by atoms with Crippen molar-refractivity contribution >= 4 is 23.3 Å². The topological polar surface area (TPSA) is 63.1 Å². The molecule has 20 heavy (non-hydrogen) atoms. The zero-order chi connectivity index (χ0) is 14.7. The van der Waals surface area contributed by atoms with Gasteiger partial charge in [-0.05, 0) is 43.2 Å². The molecule has 0 unspecified atom stereocenters. The van der Waals surface area contributed by atoms with Crippen molar-refractivity contribution in [3.05, 3.63) is 28.2 Å². The predicted molar refractivity (Wildman–Crippen MR) is 79.9 cm³/mol. The van der Waals surface area contributed by atoms with E-state index in [2.05, 4.69) is 15.4 Å². The maximum absolute atomic E-state index is 12.1. The lowest BCUT2D eigenvalue weighted by Crippen LogP contribution is -2.31. The summed E-state index contributed by atoms with van der Waals surface area (Å²) in [4.78, 5) is 17.9. The molecular formula is C13H19N5OS. The number of hydrogen-bond donors (Lipinski definition) is 1. The van der Waals surface area contributed by atoms with Crippen LogP contribution in [-0.2, 0) is 6.54 Å². The smallest absolute Gasteiger partial charge is 0.323 e. The van der Waals surface area contributed by atoms with Crippen molar-refractivity contribution in [3.8, 4) is 0 Å². The molecule has 0 bridgehead atoms. The third kappa shape index (κ3) is 3.36. The molecule has 7 heteroatoms. The molecule has 2 amide bonds. The third-order valence-electron chi connectivity index (χ3n) is 2.86. The summed E-state index contributed by atoms with van der Waals surface area (Å²) in [6.07, 6.45) is 0. The first-order chi connectivity index (χ1) is 9.47. The highest BCUT2D eigenvalue weighted by molar-refractivity contribution is 7.07. The van der Waals surface area contributed by atoms with Gasteiger partial charge in [0.05, 0.1) is 0 Å². The average molecular weight is 293 g/mol. The Kier molecular flexibility index (Phi) is 4.39. The van der Waals surface area contributed by atoms with Gasteiger partial charge in [0.1, 0.15) is 5.82 Å². The zero-order valence-corrected chi connectivity index (χ0v) is 12.9. The van der Waals surface area contributed by atoms with Gasteiger partial charge in [-0.2, -0.15) is 16.3 Å². The molecule has 0 saturated heterocycles. The van der Waals surface area contributed by atoms with Gasteiger partial charge in [0, 0.05) is 19.6 Å². The van der Waals surface area contributed by atoms with Crippen LogP contribution in [0.1, 0.15) is 31.3 Å². The maximum atomic E-state index is 12.1. The number of nitrogens with one attached hydrogen (secondary N) is 1. The number of rotatable bonds is 4. The molecule has 0 fully saturated rings. The van der Waals surface area contributed by atoms with Crippen LogP contribution >= 0.6 is 11.3 Å². The van der Waals surface area contributed by atoms with Gasteiger partial charge in [-0.15, -0.1) is 5.10 Å². The second-order valence-electron chi connectivity index (χ2n) is 4.94. The summed E-state index contributed by atoms with van der Waals surface area (Å²) in [6, 6.07) is 2.01. The van der Waals surface area contributed by atoms with Crippen molar-refractivity contribution in [2.45, 2.75) is 33.4 Å². The van der Waals surface area contributed by atoms with Crippen LogP contribution in [-0.4, -0.2) is 32.7 Å². The highest BCUT2D eigenvalue weighted by Crippen LogP contribution is 2.11. The summed E-state index contributed by atoms with van der Waals surface area (Å²) in [5.74, 6) is 1.13. The van der Waals surface area contributed by atoms with Gasteiger partial charge in [-0.1, -0.05) is 0 Å². The van der Waals surface area contributed by atoms with Gasteiger partial charge >= 0.3 is 6.03 Å². The van der Waals surface area contributed by atoms with E-state index in [-0.39, 0.29) is 12.1 Å². The molecule has 0 saturated carbocycles. The molecule has 108 valence electrons. The number of carbonyl (C=O) groups is 1. The highest BCUT2D eigenvalue weighted by atomic mass is 32.1. The van der Waals surface area contributed by atoms with Gasteiger partial charge < -0.3 is 4.90 Å². The molecule has 0 atom stereocenters. The summed E-state index contributed by atoms with van der Waals surface area (Å²) in [5, 5.41) is 11.0. The van der Waals surface area contributed by atoms with Crippen molar-refractivity contribution < 1.29 is 4.79 Å². The van der Waals surface area contributed by atoms with Gasteiger partial charge in [0.15, 0.2) is 0 Å². The Morgan fingerprint density at radius 2 is 2.30 bits per heavy atom. The molecule has 2 aromatic heterocycles. The van der Waals surface area contributed by atoms with Crippen molar-refractivity contribution in [1.82, 2.24) is 19.7 Å². The first-order valence-electron chi connectivity index (χ1n) is 6.43. The largest absolute Gasteiger partial charge is 0.324 e. The molecule has 0 aliphatic carbocycles. The van der Waals surface area contributed by atoms with Gasteiger partial charge in [0.25, 0.3) is 0 Å². The molecule has 0 aromatic carbocycles. The van der Waals surface area contributed by atoms with Crippen LogP contribution in [0.2, 0.25) is 0 Å². The predicted octanol–water partition coefficient (Wildman–Crippen LogP) is 2.89. The number of aryl methyl sites for hydroxylation is 1. The van der Waals surface area contributed by atoms with E-state index in [1.165, 1.54) is 0 Å². The molecule has 2 aromatic rings. The Labute approximate surface area is 122 Å². The zero-order valence-electron chi connectivity index (χ0n) is 12.1. The maximum Gasteiger partial charge on any atom is 0.324 e. The van der Waals surface area contributed by atoms with E-state index in [1.807, 2.05) is 37.6 Å². The lowest BCUT2D eigenvalue weighted by atomic mass is 10.3. The summed E-state index contributed by atoms with van der Waals surface area (Å²) in [7, 11) is 1.75. The van der Waals surface area contributed by atoms with Crippen molar-refractivity contribution in [3.63, 3.8) is 0 Å². The number of carbonyl (C=O) groups excluding carboxylic acids is 1. The van der Waals surface area contributed by atoms with Crippen LogP contribution < -0.4 is 5.32 Å². The van der Waals surface area contributed by atoms with Crippen molar-refractivity contribution in [2.75, 3.05) is 12.4 Å². The van der Waals surface area contributed by atoms with E-state index in [0.29, 0.717) is 12.5 Å². The van der Waals surface area contributed by atoms with E-state index < -0.39 is 0 Å². The number of amides is 2. The Hall–Kier alpha value is -1.89. The van der Waals surface area contributed by atoms with Crippen LogP contribution in [0.15, 0.2) is 16.8 Å². The highest BCUT2D eigenvalue weighted by Gasteiger charge is 2.14. The molecule has 2 rings (SSSR count). The first-order valence-corrected chi connectivity index (χ1v) is 7.38. The summed E-state index contributed by atoms with van der Waals surface area (Å²) < 4.78 is 1.79. The van der Waals surface area contributed by atoms with Crippen LogP contribution in [0.4, 0.5) is 10.7 Å². The lowest BCUT2D eigenvalue weighted by molar-refractivity contribution is 0.220. The molecule has 1 N–H and O–H groups in total.